The third-order valence-electron chi connectivity index (χ3n) is 3.22. The van der Waals surface area contributed by atoms with Crippen molar-refractivity contribution < 1.29 is 34.1 Å². The summed E-state index contributed by atoms with van der Waals surface area (Å²) in [6.07, 6.45) is -1.05. The Morgan fingerprint density at radius 1 is 1.07 bits per heavy atom. The number of ether oxygens (including phenoxy) is 2. The maximum Gasteiger partial charge on any atom is 0.340 e. The van der Waals surface area contributed by atoms with E-state index in [1.165, 1.54) is 14.2 Å². The zero-order chi connectivity index (χ0) is 21.4. The highest BCUT2D eigenvalue weighted by atomic mass is 127. The van der Waals surface area contributed by atoms with Gasteiger partial charge in [-0.25, -0.2) is 10.2 Å². The van der Waals surface area contributed by atoms with Crippen LogP contribution in [0.15, 0.2) is 0 Å². The van der Waals surface area contributed by atoms with E-state index in [-0.39, 0.29) is 30.0 Å². The van der Waals surface area contributed by atoms with E-state index >= 15 is 0 Å². The van der Waals surface area contributed by atoms with Gasteiger partial charge in [0.1, 0.15) is 6.61 Å². The predicted molar refractivity (Wildman–Crippen MR) is 125 cm³/mol. The molecule has 28 heavy (non-hydrogen) atoms. The van der Waals surface area contributed by atoms with Crippen LogP contribution in [-0.4, -0.2) is 68.1 Å². The molecule has 1 rings (SSSR count). The Balaban J connectivity index is 3.39. The fourth-order valence-electron chi connectivity index (χ4n) is 1.94. The number of hydrogen-bond donors (Lipinski definition) is 5. The maximum absolute atomic E-state index is 12.7. The van der Waals surface area contributed by atoms with Gasteiger partial charge in [0, 0.05) is 17.2 Å². The summed E-state index contributed by atoms with van der Waals surface area (Å²) in [6, 6.07) is 0. The standard InChI is InChI=1S/C15H18I3N3O7/c1-27-5-7(24)20-13-11(17)8(14(25)21-19-3-6(23)4-22)10(16)9(12(13)18)15(26)28-2/h6,19,22-23H,3-5H2,1-2H3,(H,20,24)(H,21,25). The fraction of sp³-hybridized carbons (Fsp3) is 0.400. The highest BCUT2D eigenvalue weighted by molar-refractivity contribution is 14.1. The van der Waals surface area contributed by atoms with Gasteiger partial charge in [-0.2, -0.15) is 0 Å². The van der Waals surface area contributed by atoms with E-state index in [0.717, 1.165) is 0 Å². The molecule has 1 aromatic carbocycles. The Labute approximate surface area is 201 Å². The van der Waals surface area contributed by atoms with Crippen LogP contribution in [0.5, 0.6) is 0 Å². The minimum absolute atomic E-state index is 0.0823. The van der Waals surface area contributed by atoms with Gasteiger partial charge in [0.25, 0.3) is 5.91 Å². The predicted octanol–water partition coefficient (Wildman–Crippen LogP) is 0.459. The Hall–Kier alpha value is -0.340. The smallest absolute Gasteiger partial charge is 0.340 e. The summed E-state index contributed by atoms with van der Waals surface area (Å²) in [6.45, 7) is -0.751. The monoisotopic (exact) mass is 733 g/mol. The molecule has 0 aromatic heterocycles. The number of aliphatic hydroxyl groups excluding tert-OH is 2. The SMILES string of the molecule is COCC(=O)Nc1c(I)c(C(=O)NNCC(O)CO)c(I)c(C(=O)OC)c1I. The van der Waals surface area contributed by atoms with Crippen LogP contribution >= 0.6 is 67.8 Å². The Kier molecular flexibility index (Phi) is 11.4. The van der Waals surface area contributed by atoms with Crippen LogP contribution in [0.3, 0.4) is 0 Å². The van der Waals surface area contributed by atoms with E-state index in [0.29, 0.717) is 10.7 Å². The molecule has 1 aromatic rings. The van der Waals surface area contributed by atoms with Gasteiger partial charge in [0.05, 0.1) is 43.8 Å². The Morgan fingerprint density at radius 3 is 2.21 bits per heavy atom. The molecule has 10 nitrogen and oxygen atoms in total. The van der Waals surface area contributed by atoms with Crippen molar-refractivity contribution in [1.82, 2.24) is 10.9 Å². The van der Waals surface area contributed by atoms with Gasteiger partial charge < -0.3 is 25.0 Å². The van der Waals surface area contributed by atoms with Crippen molar-refractivity contribution in [2.75, 3.05) is 39.3 Å². The number of esters is 1. The molecule has 0 spiro atoms. The zero-order valence-corrected chi connectivity index (χ0v) is 21.2. The molecule has 1 unspecified atom stereocenters. The number of aliphatic hydroxyl groups is 2. The van der Waals surface area contributed by atoms with Crippen molar-refractivity contribution in [3.05, 3.63) is 21.8 Å². The van der Waals surface area contributed by atoms with E-state index in [1.54, 1.807) is 0 Å². The van der Waals surface area contributed by atoms with E-state index in [9.17, 15) is 19.5 Å². The van der Waals surface area contributed by atoms with Crippen molar-refractivity contribution in [3.63, 3.8) is 0 Å². The minimum Gasteiger partial charge on any atom is -0.465 e. The van der Waals surface area contributed by atoms with Crippen LogP contribution in [0, 0.1) is 10.7 Å². The number of halogens is 3. The summed E-state index contributed by atoms with van der Waals surface area (Å²) in [4.78, 5) is 36.9. The van der Waals surface area contributed by atoms with Crippen LogP contribution in [0.2, 0.25) is 0 Å². The van der Waals surface area contributed by atoms with Crippen LogP contribution in [0.1, 0.15) is 20.7 Å². The molecule has 5 N–H and O–H groups in total. The summed E-state index contributed by atoms with van der Waals surface area (Å²) in [7, 11) is 2.59. The second-order valence-corrected chi connectivity index (χ2v) is 8.45. The van der Waals surface area contributed by atoms with E-state index in [2.05, 4.69) is 16.2 Å². The number of benzene rings is 1. The average molecular weight is 733 g/mol. The maximum atomic E-state index is 12.7. The summed E-state index contributed by atoms with van der Waals surface area (Å²) in [5, 5.41) is 20.8. The topological polar surface area (TPSA) is 146 Å². The lowest BCUT2D eigenvalue weighted by Gasteiger charge is -2.19. The van der Waals surface area contributed by atoms with E-state index in [1.807, 2.05) is 67.8 Å². The lowest BCUT2D eigenvalue weighted by Crippen LogP contribution is -2.43. The third-order valence-corrected chi connectivity index (χ3v) is 6.46. The lowest BCUT2D eigenvalue weighted by atomic mass is 10.1. The molecule has 0 fully saturated rings. The molecule has 0 aliphatic carbocycles. The van der Waals surface area contributed by atoms with E-state index in [4.69, 9.17) is 14.6 Å². The molecule has 0 aliphatic heterocycles. The van der Waals surface area contributed by atoms with Gasteiger partial charge in [0.15, 0.2) is 0 Å². The summed E-state index contributed by atoms with van der Waals surface area (Å²) >= 11 is 5.66. The normalized spacial score (nSPS) is 11.7. The van der Waals surface area contributed by atoms with Crippen molar-refractivity contribution in [3.8, 4) is 0 Å². The van der Waals surface area contributed by atoms with Gasteiger partial charge >= 0.3 is 5.97 Å². The van der Waals surface area contributed by atoms with Gasteiger partial charge in [-0.1, -0.05) is 0 Å². The third kappa shape index (κ3) is 6.59. The molecular weight excluding hydrogens is 715 g/mol. The molecule has 1 atom stereocenters. The van der Waals surface area contributed by atoms with Gasteiger partial charge in [-0.05, 0) is 67.8 Å². The number of methoxy groups -OCH3 is 2. The molecular formula is C15H18I3N3O7. The van der Waals surface area contributed by atoms with E-state index < -0.39 is 30.5 Å². The number of amides is 2. The molecule has 0 heterocycles. The molecule has 13 heteroatoms. The average Bonchev–Trinajstić information content (AvgIpc) is 2.65. The second-order valence-electron chi connectivity index (χ2n) is 5.21. The highest BCUT2D eigenvalue weighted by Crippen LogP contribution is 2.36. The largest absolute Gasteiger partial charge is 0.465 e. The zero-order valence-electron chi connectivity index (χ0n) is 14.8. The van der Waals surface area contributed by atoms with Gasteiger partial charge in [0.2, 0.25) is 5.91 Å². The van der Waals surface area contributed by atoms with Crippen molar-refractivity contribution in [1.29, 1.82) is 0 Å². The first-order valence-electron chi connectivity index (χ1n) is 7.59. The number of anilines is 1. The number of hydrogen-bond acceptors (Lipinski definition) is 8. The fourth-order valence-corrected chi connectivity index (χ4v) is 6.30. The Bertz CT molecular complexity index is 761. The Morgan fingerprint density at radius 2 is 1.68 bits per heavy atom. The molecule has 0 radical (unpaired) electrons. The van der Waals surface area contributed by atoms with Crippen LogP contribution in [-0.2, 0) is 14.3 Å². The van der Waals surface area contributed by atoms with Crippen molar-refractivity contribution >= 4 is 91.2 Å². The summed E-state index contributed by atoms with van der Waals surface area (Å²) in [5.74, 6) is -1.71. The van der Waals surface area contributed by atoms with Crippen LogP contribution in [0.4, 0.5) is 5.69 Å². The molecule has 0 bridgehead atoms. The molecule has 0 saturated carbocycles. The number of hydrazine groups is 1. The first kappa shape index (κ1) is 25.7. The quantitative estimate of drug-likeness (QED) is 0.140. The molecule has 2 amide bonds. The molecule has 0 aliphatic rings. The minimum atomic E-state index is -1.05. The first-order chi connectivity index (χ1) is 13.2. The number of rotatable bonds is 9. The van der Waals surface area contributed by atoms with Crippen molar-refractivity contribution in [2.24, 2.45) is 0 Å². The number of carbonyl (C=O) groups excluding carboxylic acids is 3. The highest BCUT2D eigenvalue weighted by Gasteiger charge is 2.29. The van der Waals surface area contributed by atoms with Crippen LogP contribution in [0.25, 0.3) is 0 Å². The number of nitrogens with one attached hydrogen (secondary N) is 3. The lowest BCUT2D eigenvalue weighted by molar-refractivity contribution is -0.119. The van der Waals surface area contributed by atoms with Gasteiger partial charge in [-0.15, -0.1) is 0 Å². The summed E-state index contributed by atoms with van der Waals surface area (Å²) < 4.78 is 10.8. The second kappa shape index (κ2) is 12.4. The van der Waals surface area contributed by atoms with Crippen molar-refractivity contribution in [2.45, 2.75) is 6.10 Å². The molecule has 0 saturated heterocycles. The first-order valence-corrected chi connectivity index (χ1v) is 10.8. The van der Waals surface area contributed by atoms with Gasteiger partial charge in [-0.3, -0.25) is 15.0 Å². The number of carbonyl (C=O) groups is 3. The molecule has 156 valence electrons. The summed E-state index contributed by atoms with van der Waals surface area (Å²) in [5.41, 5.74) is 5.46. The van der Waals surface area contributed by atoms with Crippen LogP contribution < -0.4 is 16.2 Å².